The van der Waals surface area contributed by atoms with Crippen molar-refractivity contribution in [3.8, 4) is 0 Å². The van der Waals surface area contributed by atoms with Crippen molar-refractivity contribution in [2.24, 2.45) is 7.05 Å². The molecule has 9 heavy (non-hydrogen) atoms. The third-order valence-corrected chi connectivity index (χ3v) is 0.999. The van der Waals surface area contributed by atoms with E-state index in [2.05, 4.69) is 11.2 Å². The van der Waals surface area contributed by atoms with Gasteiger partial charge in [0.25, 0.3) is 6.43 Å². The fourth-order valence-electron chi connectivity index (χ4n) is 0.541. The predicted octanol–water partition coefficient (Wildman–Crippen LogP) is 1.16. The smallest absolute Gasteiger partial charge is 0.266 e. The van der Waals surface area contributed by atoms with E-state index >= 15 is 0 Å². The van der Waals surface area contributed by atoms with Gasteiger partial charge in [-0.15, -0.1) is 0 Å². The number of hydrogen-bond acceptors (Lipinski definition) is 1. The van der Waals surface area contributed by atoms with Crippen LogP contribution in [0.15, 0.2) is 6.20 Å². The molecule has 4 heteroatoms. The molecule has 0 saturated heterocycles. The number of alkyl halides is 2. The minimum atomic E-state index is -2.47. The van der Waals surface area contributed by atoms with E-state index in [1.807, 2.05) is 0 Å². The highest BCUT2D eigenvalue weighted by Crippen LogP contribution is 2.15. The quantitative estimate of drug-likeness (QED) is 0.559. The standard InChI is InChI=1S/C5H5F2N2/c1-9-4(5(6)7)2-3-8-9/h3,5H,1H3. The molecule has 0 saturated carbocycles. The molecule has 1 rings (SSSR count). The van der Waals surface area contributed by atoms with Crippen LogP contribution in [0.3, 0.4) is 0 Å². The van der Waals surface area contributed by atoms with Gasteiger partial charge in [0, 0.05) is 13.1 Å². The number of aryl methyl sites for hydroxylation is 1. The van der Waals surface area contributed by atoms with Crippen LogP contribution in [0, 0.1) is 6.07 Å². The Morgan fingerprint density at radius 2 is 2.44 bits per heavy atom. The van der Waals surface area contributed by atoms with Crippen LogP contribution in [-0.4, -0.2) is 9.78 Å². The van der Waals surface area contributed by atoms with E-state index in [1.165, 1.54) is 13.2 Å². The molecule has 49 valence electrons. The van der Waals surface area contributed by atoms with E-state index in [0.717, 1.165) is 4.68 Å². The molecule has 0 spiro atoms. The van der Waals surface area contributed by atoms with Crippen LogP contribution in [-0.2, 0) is 7.05 Å². The maximum atomic E-state index is 11.8. The number of rotatable bonds is 1. The van der Waals surface area contributed by atoms with Crippen molar-refractivity contribution in [1.82, 2.24) is 9.78 Å². The molecule has 1 radical (unpaired) electrons. The molecular formula is C5H5F2N2. The minimum absolute atomic E-state index is 0.171. The number of nitrogens with zero attached hydrogens (tertiary/aromatic N) is 2. The van der Waals surface area contributed by atoms with Crippen LogP contribution < -0.4 is 0 Å². The lowest BCUT2D eigenvalue weighted by Gasteiger charge is -1.96. The lowest BCUT2D eigenvalue weighted by Crippen LogP contribution is -1.97. The van der Waals surface area contributed by atoms with Crippen LogP contribution in [0.25, 0.3) is 0 Å². The van der Waals surface area contributed by atoms with Crippen LogP contribution in [0.2, 0.25) is 0 Å². The van der Waals surface area contributed by atoms with Crippen molar-refractivity contribution in [3.05, 3.63) is 18.0 Å². The van der Waals surface area contributed by atoms with Crippen LogP contribution in [0.4, 0.5) is 8.78 Å². The molecule has 0 unspecified atom stereocenters. The van der Waals surface area contributed by atoms with Crippen molar-refractivity contribution >= 4 is 0 Å². The molecule has 0 aliphatic carbocycles. The van der Waals surface area contributed by atoms with Gasteiger partial charge in [0.2, 0.25) is 0 Å². The largest absolute Gasteiger partial charge is 0.280 e. The molecule has 1 aromatic heterocycles. The zero-order valence-corrected chi connectivity index (χ0v) is 4.81. The number of halogens is 2. The summed E-state index contributed by atoms with van der Waals surface area (Å²) in [7, 11) is 1.46. The molecule has 0 bridgehead atoms. The highest BCUT2D eigenvalue weighted by molar-refractivity contribution is 4.98. The summed E-state index contributed by atoms with van der Waals surface area (Å²) in [5.41, 5.74) is -0.171. The zero-order chi connectivity index (χ0) is 6.85. The van der Waals surface area contributed by atoms with Crippen molar-refractivity contribution in [1.29, 1.82) is 0 Å². The highest BCUT2D eigenvalue weighted by Gasteiger charge is 2.09. The first-order chi connectivity index (χ1) is 4.22. The maximum absolute atomic E-state index is 11.8. The molecular weight excluding hydrogens is 126 g/mol. The molecule has 2 nitrogen and oxygen atoms in total. The van der Waals surface area contributed by atoms with Gasteiger partial charge in [-0.3, -0.25) is 4.68 Å². The Kier molecular flexibility index (Phi) is 1.46. The van der Waals surface area contributed by atoms with Crippen molar-refractivity contribution in [2.45, 2.75) is 6.43 Å². The Morgan fingerprint density at radius 1 is 1.78 bits per heavy atom. The minimum Gasteiger partial charge on any atom is -0.266 e. The maximum Gasteiger partial charge on any atom is 0.280 e. The topological polar surface area (TPSA) is 17.8 Å². The first kappa shape index (κ1) is 6.19. The van der Waals surface area contributed by atoms with E-state index < -0.39 is 6.43 Å². The normalized spacial score (nSPS) is 10.7. The molecule has 0 fully saturated rings. The van der Waals surface area contributed by atoms with Gasteiger partial charge < -0.3 is 0 Å². The summed E-state index contributed by atoms with van der Waals surface area (Å²) >= 11 is 0. The summed E-state index contributed by atoms with van der Waals surface area (Å²) in [6.07, 6.45) is -1.25. The Balaban J connectivity index is 2.94. The van der Waals surface area contributed by atoms with Gasteiger partial charge in [-0.25, -0.2) is 8.78 Å². The predicted molar refractivity (Wildman–Crippen MR) is 27.0 cm³/mol. The van der Waals surface area contributed by atoms with Crippen molar-refractivity contribution < 1.29 is 8.78 Å². The lowest BCUT2D eigenvalue weighted by atomic mass is 10.4. The third kappa shape index (κ3) is 1.06. The average molecular weight is 131 g/mol. The average Bonchev–Trinajstić information content (AvgIpc) is 2.13. The first-order valence-electron chi connectivity index (χ1n) is 2.39. The SMILES string of the molecule is Cn1nc[c]c1C(F)F. The number of aromatic nitrogens is 2. The molecule has 1 aromatic rings. The highest BCUT2D eigenvalue weighted by atomic mass is 19.3. The van der Waals surface area contributed by atoms with Crippen molar-refractivity contribution in [3.63, 3.8) is 0 Å². The van der Waals surface area contributed by atoms with Crippen LogP contribution in [0.1, 0.15) is 12.1 Å². The zero-order valence-electron chi connectivity index (χ0n) is 4.81. The molecule has 1 heterocycles. The van der Waals surface area contributed by atoms with Crippen LogP contribution >= 0.6 is 0 Å². The lowest BCUT2D eigenvalue weighted by molar-refractivity contribution is 0.140. The molecule has 0 amide bonds. The summed E-state index contributed by atoms with van der Waals surface area (Å²) in [5, 5.41) is 3.52. The van der Waals surface area contributed by atoms with Gasteiger partial charge in [0.15, 0.2) is 0 Å². The van der Waals surface area contributed by atoms with E-state index in [0.29, 0.717) is 0 Å². The van der Waals surface area contributed by atoms with Gasteiger partial charge >= 0.3 is 0 Å². The fraction of sp³-hybridized carbons (Fsp3) is 0.400. The Morgan fingerprint density at radius 3 is 2.67 bits per heavy atom. The molecule has 0 aromatic carbocycles. The van der Waals surface area contributed by atoms with Gasteiger partial charge in [0.05, 0.1) is 6.20 Å². The molecule has 0 aliphatic heterocycles. The summed E-state index contributed by atoms with van der Waals surface area (Å²) in [6, 6.07) is 2.31. The van der Waals surface area contributed by atoms with Gasteiger partial charge in [-0.05, 0) is 0 Å². The molecule has 0 aliphatic rings. The molecule has 0 N–H and O–H groups in total. The second-order valence-corrected chi connectivity index (χ2v) is 1.60. The van der Waals surface area contributed by atoms with Gasteiger partial charge in [-0.1, -0.05) is 0 Å². The summed E-state index contributed by atoms with van der Waals surface area (Å²) in [6.45, 7) is 0. The number of hydrogen-bond donors (Lipinski definition) is 0. The van der Waals surface area contributed by atoms with Crippen LogP contribution in [0.5, 0.6) is 0 Å². The van der Waals surface area contributed by atoms with E-state index in [4.69, 9.17) is 0 Å². The fourth-order valence-corrected chi connectivity index (χ4v) is 0.541. The summed E-state index contributed by atoms with van der Waals surface area (Å²) < 4.78 is 24.6. The third-order valence-electron chi connectivity index (χ3n) is 0.999. The Bertz CT molecular complexity index is 195. The summed E-state index contributed by atoms with van der Waals surface area (Å²) in [4.78, 5) is 0. The first-order valence-corrected chi connectivity index (χ1v) is 2.39. The Labute approximate surface area is 51.1 Å². The monoisotopic (exact) mass is 131 g/mol. The second-order valence-electron chi connectivity index (χ2n) is 1.60. The van der Waals surface area contributed by atoms with Gasteiger partial charge in [0.1, 0.15) is 5.69 Å². The summed E-state index contributed by atoms with van der Waals surface area (Å²) in [5.74, 6) is 0. The Hall–Kier alpha value is -0.930. The van der Waals surface area contributed by atoms with Gasteiger partial charge in [-0.2, -0.15) is 5.10 Å². The van der Waals surface area contributed by atoms with E-state index in [9.17, 15) is 8.78 Å². The van der Waals surface area contributed by atoms with E-state index in [-0.39, 0.29) is 5.69 Å². The van der Waals surface area contributed by atoms with Crippen molar-refractivity contribution in [2.75, 3.05) is 0 Å². The molecule has 0 atom stereocenters. The van der Waals surface area contributed by atoms with E-state index in [1.54, 1.807) is 0 Å². The second kappa shape index (κ2) is 2.13.